The first kappa shape index (κ1) is 8.75. The molecule has 1 aliphatic rings. The summed E-state index contributed by atoms with van der Waals surface area (Å²) >= 11 is 5.65. The fourth-order valence-corrected chi connectivity index (χ4v) is 1.58. The Bertz CT molecular complexity index is 382. The third kappa shape index (κ3) is 1.91. The third-order valence-electron chi connectivity index (χ3n) is 2.31. The molecule has 1 heterocycles. The van der Waals surface area contributed by atoms with Crippen LogP contribution in [0.3, 0.4) is 0 Å². The number of rotatable bonds is 2. The first-order valence-corrected chi connectivity index (χ1v) is 4.78. The van der Waals surface area contributed by atoms with E-state index in [1.165, 1.54) is 18.9 Å². The van der Waals surface area contributed by atoms with Crippen LogP contribution in [0, 0.1) is 12.8 Å². The van der Waals surface area contributed by atoms with Crippen LogP contribution >= 0.6 is 11.6 Å². The quantitative estimate of drug-likeness (QED) is 0.677. The Morgan fingerprint density at radius 2 is 2.38 bits per heavy atom. The van der Waals surface area contributed by atoms with Crippen molar-refractivity contribution in [1.29, 1.82) is 0 Å². The molecule has 0 spiro atoms. The Morgan fingerprint density at radius 1 is 1.69 bits per heavy atom. The van der Waals surface area contributed by atoms with Crippen molar-refractivity contribution in [1.82, 2.24) is 9.55 Å². The van der Waals surface area contributed by atoms with Crippen molar-refractivity contribution in [3.63, 3.8) is 0 Å². The molecule has 1 saturated carbocycles. The average Bonchev–Trinajstić information content (AvgIpc) is 2.79. The summed E-state index contributed by atoms with van der Waals surface area (Å²) < 4.78 is 1.70. The van der Waals surface area contributed by atoms with Gasteiger partial charge in [-0.15, -0.1) is 0 Å². The SMILES string of the molecule is Cc1nc(Cl)cc(=O)n1CC1CC1. The Balaban J connectivity index is 2.36. The summed E-state index contributed by atoms with van der Waals surface area (Å²) in [5.74, 6) is 1.39. The Hall–Kier alpha value is -0.830. The van der Waals surface area contributed by atoms with Gasteiger partial charge in [-0.2, -0.15) is 0 Å². The second kappa shape index (κ2) is 3.14. The molecule has 0 atom stereocenters. The first-order chi connectivity index (χ1) is 6.16. The fourth-order valence-electron chi connectivity index (χ4n) is 1.37. The molecule has 3 nitrogen and oxygen atoms in total. The van der Waals surface area contributed by atoms with E-state index in [9.17, 15) is 4.79 Å². The van der Waals surface area contributed by atoms with E-state index in [1.807, 2.05) is 6.92 Å². The van der Waals surface area contributed by atoms with Crippen LogP contribution in [0.5, 0.6) is 0 Å². The van der Waals surface area contributed by atoms with Gasteiger partial charge in [-0.3, -0.25) is 9.36 Å². The van der Waals surface area contributed by atoms with Crippen LogP contribution in [0.4, 0.5) is 0 Å². The molecule has 1 aromatic heterocycles. The number of halogens is 1. The zero-order chi connectivity index (χ0) is 9.42. The summed E-state index contributed by atoms with van der Waals surface area (Å²) in [7, 11) is 0. The molecule has 0 unspecified atom stereocenters. The van der Waals surface area contributed by atoms with Gasteiger partial charge >= 0.3 is 0 Å². The second-order valence-electron chi connectivity index (χ2n) is 3.52. The number of aryl methyl sites for hydroxylation is 1. The number of hydrogen-bond acceptors (Lipinski definition) is 2. The van der Waals surface area contributed by atoms with Crippen molar-refractivity contribution in [3.05, 3.63) is 27.4 Å². The van der Waals surface area contributed by atoms with Crippen LogP contribution in [0.1, 0.15) is 18.7 Å². The summed E-state index contributed by atoms with van der Waals surface area (Å²) in [5, 5.41) is 0.287. The maximum atomic E-state index is 11.5. The molecule has 2 rings (SSSR count). The van der Waals surface area contributed by atoms with Gasteiger partial charge in [0.15, 0.2) is 0 Å². The van der Waals surface area contributed by atoms with Crippen LogP contribution in [-0.2, 0) is 6.54 Å². The van der Waals surface area contributed by atoms with Gasteiger partial charge in [-0.05, 0) is 25.7 Å². The molecular formula is C9H11ClN2O. The average molecular weight is 199 g/mol. The fraction of sp³-hybridized carbons (Fsp3) is 0.556. The molecular weight excluding hydrogens is 188 g/mol. The largest absolute Gasteiger partial charge is 0.297 e. The van der Waals surface area contributed by atoms with Crippen molar-refractivity contribution < 1.29 is 0 Å². The minimum atomic E-state index is -0.0376. The van der Waals surface area contributed by atoms with Crippen LogP contribution in [0.25, 0.3) is 0 Å². The number of hydrogen-bond donors (Lipinski definition) is 0. The minimum absolute atomic E-state index is 0.0376. The van der Waals surface area contributed by atoms with Crippen LogP contribution in [0.15, 0.2) is 10.9 Å². The molecule has 0 aromatic carbocycles. The van der Waals surface area contributed by atoms with Gasteiger partial charge in [-0.1, -0.05) is 11.6 Å². The van der Waals surface area contributed by atoms with E-state index in [4.69, 9.17) is 11.6 Å². The van der Waals surface area contributed by atoms with E-state index >= 15 is 0 Å². The Morgan fingerprint density at radius 3 is 2.92 bits per heavy atom. The molecule has 0 N–H and O–H groups in total. The molecule has 1 aliphatic carbocycles. The number of aromatic nitrogens is 2. The summed E-state index contributed by atoms with van der Waals surface area (Å²) in [4.78, 5) is 15.5. The topological polar surface area (TPSA) is 34.9 Å². The van der Waals surface area contributed by atoms with Gasteiger partial charge in [0.25, 0.3) is 5.56 Å². The highest BCUT2D eigenvalue weighted by molar-refractivity contribution is 6.29. The minimum Gasteiger partial charge on any atom is -0.297 e. The van der Waals surface area contributed by atoms with Gasteiger partial charge in [-0.25, -0.2) is 4.98 Å². The predicted molar refractivity (Wildman–Crippen MR) is 51.0 cm³/mol. The molecule has 13 heavy (non-hydrogen) atoms. The molecule has 0 bridgehead atoms. The van der Waals surface area contributed by atoms with Gasteiger partial charge in [0.1, 0.15) is 11.0 Å². The zero-order valence-electron chi connectivity index (χ0n) is 7.46. The monoisotopic (exact) mass is 198 g/mol. The van der Waals surface area contributed by atoms with Gasteiger partial charge < -0.3 is 0 Å². The molecule has 1 fully saturated rings. The highest BCUT2D eigenvalue weighted by Gasteiger charge is 2.22. The van der Waals surface area contributed by atoms with Crippen molar-refractivity contribution in [2.24, 2.45) is 5.92 Å². The lowest BCUT2D eigenvalue weighted by Gasteiger charge is -2.07. The Labute approximate surface area is 81.4 Å². The maximum absolute atomic E-state index is 11.5. The molecule has 0 aliphatic heterocycles. The van der Waals surface area contributed by atoms with E-state index < -0.39 is 0 Å². The molecule has 0 amide bonds. The predicted octanol–water partition coefficient (Wildman–Crippen LogP) is 1.62. The lowest BCUT2D eigenvalue weighted by molar-refractivity contribution is 0.577. The molecule has 0 saturated heterocycles. The van der Waals surface area contributed by atoms with Crippen molar-refractivity contribution >= 4 is 11.6 Å². The lowest BCUT2D eigenvalue weighted by Crippen LogP contribution is -2.23. The van der Waals surface area contributed by atoms with Crippen LogP contribution in [-0.4, -0.2) is 9.55 Å². The lowest BCUT2D eigenvalue weighted by atomic mass is 10.4. The summed E-state index contributed by atoms with van der Waals surface area (Å²) in [6.45, 7) is 2.62. The molecule has 70 valence electrons. The second-order valence-corrected chi connectivity index (χ2v) is 3.91. The number of nitrogens with zero attached hydrogens (tertiary/aromatic N) is 2. The van der Waals surface area contributed by atoms with Crippen molar-refractivity contribution in [2.75, 3.05) is 0 Å². The normalized spacial score (nSPS) is 16.2. The molecule has 4 heteroatoms. The first-order valence-electron chi connectivity index (χ1n) is 4.41. The van der Waals surface area contributed by atoms with Gasteiger partial charge in [0.05, 0.1) is 0 Å². The highest BCUT2D eigenvalue weighted by atomic mass is 35.5. The summed E-state index contributed by atoms with van der Waals surface area (Å²) in [5.41, 5.74) is -0.0376. The van der Waals surface area contributed by atoms with E-state index in [2.05, 4.69) is 4.98 Å². The van der Waals surface area contributed by atoms with E-state index in [1.54, 1.807) is 4.57 Å². The maximum Gasteiger partial charge on any atom is 0.254 e. The van der Waals surface area contributed by atoms with Crippen molar-refractivity contribution in [2.45, 2.75) is 26.3 Å². The van der Waals surface area contributed by atoms with Gasteiger partial charge in [0.2, 0.25) is 0 Å². The molecule has 1 aromatic rings. The van der Waals surface area contributed by atoms with Gasteiger partial charge in [0, 0.05) is 12.6 Å². The van der Waals surface area contributed by atoms with E-state index in [0.717, 1.165) is 6.54 Å². The Kier molecular flexibility index (Phi) is 2.12. The highest BCUT2D eigenvalue weighted by Crippen LogP contribution is 2.30. The summed E-state index contributed by atoms with van der Waals surface area (Å²) in [6, 6.07) is 1.37. The van der Waals surface area contributed by atoms with Crippen LogP contribution < -0.4 is 5.56 Å². The van der Waals surface area contributed by atoms with E-state index in [-0.39, 0.29) is 10.7 Å². The van der Waals surface area contributed by atoms with Crippen LogP contribution in [0.2, 0.25) is 5.15 Å². The molecule has 0 radical (unpaired) electrons. The zero-order valence-corrected chi connectivity index (χ0v) is 8.21. The smallest absolute Gasteiger partial charge is 0.254 e. The van der Waals surface area contributed by atoms with Crippen molar-refractivity contribution in [3.8, 4) is 0 Å². The standard InChI is InChI=1S/C9H11ClN2O/c1-6-11-8(10)4-9(13)12(6)5-7-2-3-7/h4,7H,2-3,5H2,1H3. The summed E-state index contributed by atoms with van der Waals surface area (Å²) in [6.07, 6.45) is 2.46. The van der Waals surface area contributed by atoms with E-state index in [0.29, 0.717) is 11.7 Å². The third-order valence-corrected chi connectivity index (χ3v) is 2.50.